The van der Waals surface area contributed by atoms with Crippen molar-refractivity contribution in [3.05, 3.63) is 69.8 Å². The van der Waals surface area contributed by atoms with Gasteiger partial charge in [-0.15, -0.1) is 0 Å². The summed E-state index contributed by atoms with van der Waals surface area (Å²) in [6.07, 6.45) is -1.06. The fourth-order valence-corrected chi connectivity index (χ4v) is 2.03. The van der Waals surface area contributed by atoms with Crippen LogP contribution in [0, 0.1) is 17.0 Å². The first kappa shape index (κ1) is 15.5. The van der Waals surface area contributed by atoms with Crippen LogP contribution in [0.5, 0.6) is 5.75 Å². The molecule has 0 aliphatic heterocycles. The number of hydrogen-bond acceptors (Lipinski definition) is 4. The molecule has 6 nitrogen and oxygen atoms in total. The zero-order valence-electron chi connectivity index (χ0n) is 11.9. The third-order valence-electron chi connectivity index (χ3n) is 3.18. The number of non-ortho nitro benzene ring substituents is 1. The van der Waals surface area contributed by atoms with Crippen molar-refractivity contribution in [1.29, 1.82) is 0 Å². The number of ether oxygens (including phenoxy) is 1. The highest BCUT2D eigenvalue weighted by atomic mass is 16.6. The molecule has 1 unspecified atom stereocenters. The molecule has 2 rings (SSSR count). The Kier molecular flexibility index (Phi) is 4.73. The van der Waals surface area contributed by atoms with Crippen LogP contribution in [0.25, 0.3) is 0 Å². The number of benzene rings is 2. The molecule has 0 aromatic heterocycles. The summed E-state index contributed by atoms with van der Waals surface area (Å²) in [7, 11) is 0. The van der Waals surface area contributed by atoms with Crippen molar-refractivity contribution in [3.63, 3.8) is 0 Å². The number of carbonyl (C=O) groups is 1. The van der Waals surface area contributed by atoms with Crippen molar-refractivity contribution >= 4 is 11.7 Å². The van der Waals surface area contributed by atoms with Crippen LogP contribution < -0.4 is 4.74 Å². The van der Waals surface area contributed by atoms with E-state index >= 15 is 0 Å². The molecule has 1 N–H and O–H groups in total. The lowest BCUT2D eigenvalue weighted by Gasteiger charge is -2.16. The second-order valence-electron chi connectivity index (χ2n) is 4.84. The summed E-state index contributed by atoms with van der Waals surface area (Å²) in [5, 5.41) is 20.1. The highest BCUT2D eigenvalue weighted by Gasteiger charge is 2.21. The van der Waals surface area contributed by atoms with Crippen molar-refractivity contribution in [1.82, 2.24) is 0 Å². The fourth-order valence-electron chi connectivity index (χ4n) is 2.03. The summed E-state index contributed by atoms with van der Waals surface area (Å²) in [5.74, 6) is -0.630. The van der Waals surface area contributed by atoms with Crippen LogP contribution >= 0.6 is 0 Å². The predicted octanol–water partition coefficient (Wildman–Crippen LogP) is 2.98. The first-order chi connectivity index (χ1) is 10.5. The van der Waals surface area contributed by atoms with Crippen molar-refractivity contribution in [2.45, 2.75) is 19.4 Å². The van der Waals surface area contributed by atoms with E-state index in [1.165, 1.54) is 18.2 Å². The number of rotatable bonds is 6. The monoisotopic (exact) mass is 301 g/mol. The minimum atomic E-state index is -1.12. The average molecular weight is 301 g/mol. The second-order valence-corrected chi connectivity index (χ2v) is 4.84. The number of carboxylic acids is 1. The van der Waals surface area contributed by atoms with Gasteiger partial charge in [-0.05, 0) is 24.1 Å². The topological polar surface area (TPSA) is 89.7 Å². The van der Waals surface area contributed by atoms with Gasteiger partial charge in [0.05, 0.1) is 4.92 Å². The van der Waals surface area contributed by atoms with Gasteiger partial charge >= 0.3 is 5.97 Å². The van der Waals surface area contributed by atoms with E-state index in [9.17, 15) is 20.0 Å². The fraction of sp³-hybridized carbons (Fsp3) is 0.188. The summed E-state index contributed by atoms with van der Waals surface area (Å²) in [5.41, 5.74) is 1.29. The van der Waals surface area contributed by atoms with Gasteiger partial charge in [0, 0.05) is 18.6 Å². The van der Waals surface area contributed by atoms with Crippen LogP contribution in [0.15, 0.2) is 48.5 Å². The lowest BCUT2D eigenvalue weighted by atomic mass is 10.1. The molecule has 6 heteroatoms. The van der Waals surface area contributed by atoms with Gasteiger partial charge < -0.3 is 9.84 Å². The van der Waals surface area contributed by atoms with Gasteiger partial charge in [0.1, 0.15) is 5.75 Å². The Hall–Kier alpha value is -2.89. The van der Waals surface area contributed by atoms with Gasteiger partial charge in [0.2, 0.25) is 0 Å². The van der Waals surface area contributed by atoms with E-state index in [1.54, 1.807) is 18.2 Å². The maximum atomic E-state index is 11.4. The van der Waals surface area contributed by atoms with Gasteiger partial charge in [-0.25, -0.2) is 4.79 Å². The largest absolute Gasteiger partial charge is 0.478 e. The van der Waals surface area contributed by atoms with E-state index in [2.05, 4.69) is 0 Å². The number of aliphatic carboxylic acids is 1. The van der Waals surface area contributed by atoms with Gasteiger partial charge in [0.25, 0.3) is 5.69 Å². The maximum Gasteiger partial charge on any atom is 0.345 e. The lowest BCUT2D eigenvalue weighted by molar-refractivity contribution is -0.384. The standard InChI is InChI=1S/C16H15NO5/c1-11-5-2-3-8-14(11)22-15(16(18)19)10-12-6-4-7-13(9-12)17(20)21/h2-9,15H,10H2,1H3,(H,18,19). The first-order valence-electron chi connectivity index (χ1n) is 6.66. The quantitative estimate of drug-likeness (QED) is 0.654. The Balaban J connectivity index is 2.19. The van der Waals surface area contributed by atoms with Crippen molar-refractivity contribution in [2.75, 3.05) is 0 Å². The molecule has 0 amide bonds. The van der Waals surface area contributed by atoms with Gasteiger partial charge in [-0.2, -0.15) is 0 Å². The number of carboxylic acid groups (broad SMARTS) is 1. The summed E-state index contributed by atoms with van der Waals surface area (Å²) in [4.78, 5) is 21.6. The summed E-state index contributed by atoms with van der Waals surface area (Å²) < 4.78 is 5.54. The van der Waals surface area contributed by atoms with Crippen LogP contribution in [0.1, 0.15) is 11.1 Å². The van der Waals surface area contributed by atoms with E-state index in [4.69, 9.17) is 4.74 Å². The molecular formula is C16H15NO5. The number of aryl methyl sites for hydroxylation is 1. The normalized spacial score (nSPS) is 11.7. The highest BCUT2D eigenvalue weighted by molar-refractivity contribution is 5.73. The minimum absolute atomic E-state index is 0.0470. The van der Waals surface area contributed by atoms with E-state index in [0.717, 1.165) is 5.56 Å². The van der Waals surface area contributed by atoms with Gasteiger partial charge in [-0.3, -0.25) is 10.1 Å². The molecule has 0 heterocycles. The third kappa shape index (κ3) is 3.82. The molecule has 0 saturated carbocycles. The minimum Gasteiger partial charge on any atom is -0.478 e. The molecule has 0 aliphatic carbocycles. The third-order valence-corrected chi connectivity index (χ3v) is 3.18. The number of hydrogen-bond donors (Lipinski definition) is 1. The summed E-state index contributed by atoms with van der Waals surface area (Å²) >= 11 is 0. The van der Waals surface area contributed by atoms with Crippen LogP contribution in [0.3, 0.4) is 0 Å². The smallest absolute Gasteiger partial charge is 0.345 e. The predicted molar refractivity (Wildman–Crippen MR) is 80.0 cm³/mol. The number of nitro groups is 1. The molecule has 2 aromatic carbocycles. The average Bonchev–Trinajstić information content (AvgIpc) is 2.49. The molecule has 114 valence electrons. The number of para-hydroxylation sites is 1. The van der Waals surface area contributed by atoms with Gasteiger partial charge in [-0.1, -0.05) is 30.3 Å². The Morgan fingerprint density at radius 1 is 1.27 bits per heavy atom. The zero-order chi connectivity index (χ0) is 16.1. The van der Waals surface area contributed by atoms with E-state index in [0.29, 0.717) is 11.3 Å². The highest BCUT2D eigenvalue weighted by Crippen LogP contribution is 2.21. The molecule has 0 saturated heterocycles. The molecule has 0 fully saturated rings. The second kappa shape index (κ2) is 6.71. The molecule has 2 aromatic rings. The summed E-state index contributed by atoms with van der Waals surface area (Å²) in [6.45, 7) is 1.82. The van der Waals surface area contributed by atoms with Crippen LogP contribution in [-0.2, 0) is 11.2 Å². The Morgan fingerprint density at radius 2 is 2.00 bits per heavy atom. The molecule has 0 spiro atoms. The maximum absolute atomic E-state index is 11.4. The Morgan fingerprint density at radius 3 is 2.64 bits per heavy atom. The van der Waals surface area contributed by atoms with E-state index < -0.39 is 17.0 Å². The Bertz CT molecular complexity index is 698. The molecule has 0 aliphatic rings. The van der Waals surface area contributed by atoms with E-state index in [-0.39, 0.29) is 12.1 Å². The molecular weight excluding hydrogens is 286 g/mol. The lowest BCUT2D eigenvalue weighted by Crippen LogP contribution is -2.29. The molecule has 1 atom stereocenters. The van der Waals surface area contributed by atoms with Crippen molar-refractivity contribution in [3.8, 4) is 5.75 Å². The number of nitrogens with zero attached hydrogens (tertiary/aromatic N) is 1. The number of nitro benzene ring substituents is 1. The molecule has 0 radical (unpaired) electrons. The SMILES string of the molecule is Cc1ccccc1OC(Cc1cccc([N+](=O)[O-])c1)C(=O)O. The van der Waals surface area contributed by atoms with Crippen molar-refractivity contribution < 1.29 is 19.6 Å². The first-order valence-corrected chi connectivity index (χ1v) is 6.66. The van der Waals surface area contributed by atoms with E-state index in [1.807, 2.05) is 19.1 Å². The zero-order valence-corrected chi connectivity index (χ0v) is 11.9. The van der Waals surface area contributed by atoms with Crippen LogP contribution in [0.4, 0.5) is 5.69 Å². The van der Waals surface area contributed by atoms with Crippen LogP contribution in [0.2, 0.25) is 0 Å². The Labute approximate surface area is 127 Å². The van der Waals surface area contributed by atoms with Gasteiger partial charge in [0.15, 0.2) is 6.10 Å². The van der Waals surface area contributed by atoms with Crippen LogP contribution in [-0.4, -0.2) is 22.1 Å². The summed E-state index contributed by atoms with van der Waals surface area (Å²) in [6, 6.07) is 13.0. The van der Waals surface area contributed by atoms with Crippen molar-refractivity contribution in [2.24, 2.45) is 0 Å². The molecule has 22 heavy (non-hydrogen) atoms. The molecule has 0 bridgehead atoms.